The number of hydrogen-bond acceptors (Lipinski definition) is 3. The van der Waals surface area contributed by atoms with E-state index in [0.29, 0.717) is 11.8 Å². The molecule has 4 heterocycles. The van der Waals surface area contributed by atoms with Crippen molar-refractivity contribution in [2.75, 3.05) is 24.5 Å². The monoisotopic (exact) mass is 336 g/mol. The van der Waals surface area contributed by atoms with Crippen LogP contribution in [-0.2, 0) is 10.3 Å². The molecule has 0 N–H and O–H groups in total. The Morgan fingerprint density at radius 1 is 1.36 bits per heavy atom. The average molecular weight is 336 g/mol. The fraction of sp³-hybridized carbons (Fsp3) is 0.500. The van der Waals surface area contributed by atoms with Gasteiger partial charge in [-0.3, -0.25) is 4.79 Å². The van der Waals surface area contributed by atoms with Crippen LogP contribution in [0.4, 0.5) is 5.69 Å². The molecule has 2 aromatic heterocycles. The Balaban J connectivity index is 1.58. The molecule has 25 heavy (non-hydrogen) atoms. The summed E-state index contributed by atoms with van der Waals surface area (Å²) in [5.74, 6) is 2.17. The van der Waals surface area contributed by atoms with Crippen molar-refractivity contribution in [3.8, 4) is 5.82 Å². The van der Waals surface area contributed by atoms with Crippen LogP contribution in [0.1, 0.15) is 32.4 Å². The number of aromatic nitrogens is 2. The van der Waals surface area contributed by atoms with Crippen molar-refractivity contribution < 1.29 is 4.79 Å². The van der Waals surface area contributed by atoms with Crippen LogP contribution < -0.4 is 4.90 Å². The Morgan fingerprint density at radius 2 is 2.20 bits per heavy atom. The number of likely N-dealkylation sites (tertiary alicyclic amines) is 1. The standard InChI is InChI=1S/C20H24N4O/c1-3-24-16-6-4-9-21-18(16)23-10-5-7-17(23)20(24)8-11-22(13-20)19(25)15-12-14(15)2/h4-7,9-10,14-15H,3,8,11-13H2,1-2H3/t14-,15-,20+/m0/s1. The van der Waals surface area contributed by atoms with Crippen LogP contribution in [-0.4, -0.2) is 40.0 Å². The highest BCUT2D eigenvalue weighted by molar-refractivity contribution is 5.82. The first-order chi connectivity index (χ1) is 12.2. The maximum absolute atomic E-state index is 12.8. The van der Waals surface area contributed by atoms with Crippen LogP contribution >= 0.6 is 0 Å². The number of carbonyl (C=O) groups excluding carboxylic acids is 1. The number of carbonyl (C=O) groups is 1. The second-order valence-electron chi connectivity index (χ2n) is 7.71. The molecule has 130 valence electrons. The van der Waals surface area contributed by atoms with E-state index < -0.39 is 0 Å². The minimum absolute atomic E-state index is 0.137. The van der Waals surface area contributed by atoms with E-state index in [1.807, 2.05) is 12.3 Å². The van der Waals surface area contributed by atoms with Gasteiger partial charge in [0.15, 0.2) is 5.82 Å². The van der Waals surface area contributed by atoms with Gasteiger partial charge in [-0.2, -0.15) is 0 Å². The first kappa shape index (κ1) is 15.0. The Hall–Kier alpha value is -2.30. The lowest BCUT2D eigenvalue weighted by molar-refractivity contribution is -0.132. The molecule has 2 aliphatic heterocycles. The summed E-state index contributed by atoms with van der Waals surface area (Å²) in [5, 5.41) is 0. The Bertz CT molecular complexity index is 844. The van der Waals surface area contributed by atoms with Crippen LogP contribution in [0.25, 0.3) is 5.82 Å². The van der Waals surface area contributed by atoms with Gasteiger partial charge in [0.05, 0.1) is 16.9 Å². The zero-order chi connectivity index (χ0) is 17.2. The van der Waals surface area contributed by atoms with Gasteiger partial charge in [0.2, 0.25) is 5.91 Å². The quantitative estimate of drug-likeness (QED) is 0.847. The van der Waals surface area contributed by atoms with E-state index in [2.05, 4.69) is 57.6 Å². The average Bonchev–Trinajstić information content (AvgIpc) is 3.05. The van der Waals surface area contributed by atoms with Gasteiger partial charge in [0, 0.05) is 37.9 Å². The molecule has 3 atom stereocenters. The number of rotatable bonds is 2. The maximum Gasteiger partial charge on any atom is 0.226 e. The number of hydrogen-bond donors (Lipinski definition) is 0. The van der Waals surface area contributed by atoms with E-state index in [4.69, 9.17) is 0 Å². The molecule has 5 rings (SSSR count). The van der Waals surface area contributed by atoms with Gasteiger partial charge in [-0.15, -0.1) is 0 Å². The molecule has 1 saturated carbocycles. The molecule has 0 radical (unpaired) electrons. The van der Waals surface area contributed by atoms with Crippen molar-refractivity contribution >= 4 is 11.6 Å². The zero-order valence-corrected chi connectivity index (χ0v) is 14.9. The lowest BCUT2D eigenvalue weighted by Gasteiger charge is -2.46. The highest BCUT2D eigenvalue weighted by Crippen LogP contribution is 2.48. The predicted octanol–water partition coefficient (Wildman–Crippen LogP) is 2.80. The smallest absolute Gasteiger partial charge is 0.226 e. The Morgan fingerprint density at radius 3 is 2.96 bits per heavy atom. The third-order valence-corrected chi connectivity index (χ3v) is 6.33. The molecule has 0 bridgehead atoms. The number of pyridine rings is 1. The highest BCUT2D eigenvalue weighted by Gasteiger charge is 2.52. The van der Waals surface area contributed by atoms with Crippen LogP contribution in [0.15, 0.2) is 36.7 Å². The summed E-state index contributed by atoms with van der Waals surface area (Å²) in [6.07, 6.45) is 5.99. The summed E-state index contributed by atoms with van der Waals surface area (Å²) < 4.78 is 2.22. The van der Waals surface area contributed by atoms with Crippen LogP contribution in [0, 0.1) is 11.8 Å². The third-order valence-electron chi connectivity index (χ3n) is 6.33. The predicted molar refractivity (Wildman–Crippen MR) is 96.7 cm³/mol. The van der Waals surface area contributed by atoms with Crippen molar-refractivity contribution in [3.05, 3.63) is 42.4 Å². The molecule has 0 aromatic carbocycles. The molecular formula is C20H24N4O. The topological polar surface area (TPSA) is 41.4 Å². The third kappa shape index (κ3) is 1.95. The minimum atomic E-state index is -0.137. The summed E-state index contributed by atoms with van der Waals surface area (Å²) in [7, 11) is 0. The summed E-state index contributed by atoms with van der Waals surface area (Å²) >= 11 is 0. The van der Waals surface area contributed by atoms with E-state index in [1.165, 1.54) is 11.4 Å². The molecule has 3 aliphatic rings. The molecule has 1 spiro atoms. The van der Waals surface area contributed by atoms with E-state index >= 15 is 0 Å². The van der Waals surface area contributed by atoms with E-state index in [-0.39, 0.29) is 11.5 Å². The van der Waals surface area contributed by atoms with Crippen molar-refractivity contribution in [2.45, 2.75) is 32.2 Å². The molecule has 2 fully saturated rings. The molecular weight excluding hydrogens is 312 g/mol. The summed E-state index contributed by atoms with van der Waals surface area (Å²) in [5.41, 5.74) is 2.30. The van der Waals surface area contributed by atoms with E-state index in [1.54, 1.807) is 0 Å². The van der Waals surface area contributed by atoms with Gasteiger partial charge < -0.3 is 14.4 Å². The Kier molecular flexibility index (Phi) is 3.06. The number of fused-ring (bicyclic) bond motifs is 4. The van der Waals surface area contributed by atoms with Gasteiger partial charge in [0.1, 0.15) is 0 Å². The van der Waals surface area contributed by atoms with Gasteiger partial charge >= 0.3 is 0 Å². The molecule has 5 heteroatoms. The van der Waals surface area contributed by atoms with Crippen LogP contribution in [0.5, 0.6) is 0 Å². The number of anilines is 1. The molecule has 0 unspecified atom stereocenters. The van der Waals surface area contributed by atoms with Crippen LogP contribution in [0.3, 0.4) is 0 Å². The second kappa shape index (κ2) is 5.10. The molecule has 5 nitrogen and oxygen atoms in total. The number of amides is 1. The van der Waals surface area contributed by atoms with Crippen LogP contribution in [0.2, 0.25) is 0 Å². The van der Waals surface area contributed by atoms with Gasteiger partial charge in [-0.25, -0.2) is 4.98 Å². The van der Waals surface area contributed by atoms with Crippen molar-refractivity contribution in [1.29, 1.82) is 0 Å². The number of likely N-dealkylation sites (N-methyl/N-ethyl adjacent to an activating group) is 1. The summed E-state index contributed by atoms with van der Waals surface area (Å²) in [4.78, 5) is 22.0. The highest BCUT2D eigenvalue weighted by atomic mass is 16.2. The fourth-order valence-electron chi connectivity index (χ4n) is 4.88. The molecule has 1 saturated heterocycles. The van der Waals surface area contributed by atoms with E-state index in [0.717, 1.165) is 38.3 Å². The lowest BCUT2D eigenvalue weighted by Crippen LogP contribution is -2.52. The SMILES string of the molecule is CCN1c2cccnc2-n2cccc2[C@]12CCN(C(=O)[C@H]1C[C@@H]1C)C2. The maximum atomic E-state index is 12.8. The number of nitrogens with zero attached hydrogens (tertiary/aromatic N) is 4. The lowest BCUT2D eigenvalue weighted by atomic mass is 9.89. The van der Waals surface area contributed by atoms with Gasteiger partial charge in [-0.1, -0.05) is 6.92 Å². The minimum Gasteiger partial charge on any atom is -0.356 e. The zero-order valence-electron chi connectivity index (χ0n) is 14.9. The van der Waals surface area contributed by atoms with Crippen molar-refractivity contribution in [1.82, 2.24) is 14.5 Å². The fourth-order valence-corrected chi connectivity index (χ4v) is 4.88. The summed E-state index contributed by atoms with van der Waals surface area (Å²) in [6.45, 7) is 6.91. The molecule has 1 amide bonds. The molecule has 2 aromatic rings. The first-order valence-electron chi connectivity index (χ1n) is 9.35. The second-order valence-corrected chi connectivity index (χ2v) is 7.71. The summed E-state index contributed by atoms with van der Waals surface area (Å²) in [6, 6.07) is 8.47. The van der Waals surface area contributed by atoms with Crippen molar-refractivity contribution in [2.24, 2.45) is 11.8 Å². The normalized spacial score (nSPS) is 29.7. The van der Waals surface area contributed by atoms with Gasteiger partial charge in [0.25, 0.3) is 0 Å². The largest absolute Gasteiger partial charge is 0.356 e. The van der Waals surface area contributed by atoms with Crippen molar-refractivity contribution in [3.63, 3.8) is 0 Å². The Labute approximate surface area is 148 Å². The van der Waals surface area contributed by atoms with E-state index in [9.17, 15) is 4.79 Å². The molecule has 1 aliphatic carbocycles. The van der Waals surface area contributed by atoms with Gasteiger partial charge in [-0.05, 0) is 49.9 Å². The first-order valence-corrected chi connectivity index (χ1v) is 9.35.